The van der Waals surface area contributed by atoms with Gasteiger partial charge in [-0.1, -0.05) is 66.4 Å². The van der Waals surface area contributed by atoms with E-state index in [1.165, 1.54) is 22.3 Å². The van der Waals surface area contributed by atoms with Crippen LogP contribution in [-0.2, 0) is 4.74 Å². The fourth-order valence-corrected chi connectivity index (χ4v) is 3.77. The number of hydrogen-bond acceptors (Lipinski definition) is 3. The molecule has 1 N–H and O–H groups in total. The van der Waals surface area contributed by atoms with Gasteiger partial charge in [-0.05, 0) is 40.5 Å². The molecule has 1 aliphatic rings. The maximum atomic E-state index is 12.2. The van der Waals surface area contributed by atoms with Gasteiger partial charge >= 0.3 is 6.09 Å². The molecule has 150 valence electrons. The number of nitrogens with one attached hydrogen (secondary N) is 1. The lowest BCUT2D eigenvalue weighted by atomic mass is 9.98. The van der Waals surface area contributed by atoms with Crippen molar-refractivity contribution in [1.29, 1.82) is 0 Å². The second kappa shape index (κ2) is 8.75. The largest absolute Gasteiger partial charge is 0.449 e. The lowest BCUT2D eigenvalue weighted by molar-refractivity contribution is 0.144. The van der Waals surface area contributed by atoms with Crippen molar-refractivity contribution in [2.75, 3.05) is 32.1 Å². The molecule has 0 fully saturated rings. The molecule has 3 aromatic carbocycles. The Morgan fingerprint density at radius 1 is 0.967 bits per heavy atom. The van der Waals surface area contributed by atoms with Crippen molar-refractivity contribution in [3.8, 4) is 23.0 Å². The molecule has 0 spiro atoms. The van der Waals surface area contributed by atoms with Crippen LogP contribution in [0, 0.1) is 11.8 Å². The summed E-state index contributed by atoms with van der Waals surface area (Å²) in [5, 5.41) is 2.72. The van der Waals surface area contributed by atoms with Gasteiger partial charge in [0.2, 0.25) is 0 Å². The zero-order valence-electron chi connectivity index (χ0n) is 17.2. The molecule has 0 bridgehead atoms. The molecule has 0 saturated carbocycles. The summed E-state index contributed by atoms with van der Waals surface area (Å²) in [4.78, 5) is 14.2. The molecular weight excluding hydrogens is 372 g/mol. The molecule has 1 amide bonds. The van der Waals surface area contributed by atoms with Gasteiger partial charge in [0.1, 0.15) is 6.61 Å². The second-order valence-electron chi connectivity index (χ2n) is 7.43. The van der Waals surface area contributed by atoms with Crippen LogP contribution < -0.4 is 10.2 Å². The molecule has 4 rings (SSSR count). The van der Waals surface area contributed by atoms with E-state index in [0.29, 0.717) is 6.61 Å². The normalized spacial score (nSPS) is 11.7. The molecule has 0 aromatic heterocycles. The van der Waals surface area contributed by atoms with Crippen molar-refractivity contribution in [3.63, 3.8) is 0 Å². The van der Waals surface area contributed by atoms with E-state index in [9.17, 15) is 4.79 Å². The number of nitrogens with zero attached hydrogens (tertiary/aromatic N) is 1. The second-order valence-corrected chi connectivity index (χ2v) is 7.43. The highest BCUT2D eigenvalue weighted by atomic mass is 16.5. The Hall–Kier alpha value is -3.71. The van der Waals surface area contributed by atoms with Crippen molar-refractivity contribution in [2.24, 2.45) is 0 Å². The smallest absolute Gasteiger partial charge is 0.407 e. The average Bonchev–Trinajstić information content (AvgIpc) is 3.09. The van der Waals surface area contributed by atoms with E-state index in [0.717, 1.165) is 11.3 Å². The number of carbonyl (C=O) groups excluding carboxylic acids is 1. The van der Waals surface area contributed by atoms with E-state index in [2.05, 4.69) is 41.4 Å². The highest BCUT2D eigenvalue weighted by molar-refractivity contribution is 5.79. The van der Waals surface area contributed by atoms with Crippen LogP contribution in [0.1, 0.15) is 22.6 Å². The molecule has 3 aromatic rings. The van der Waals surface area contributed by atoms with Crippen LogP contribution in [0.2, 0.25) is 0 Å². The van der Waals surface area contributed by atoms with Crippen LogP contribution in [0.15, 0.2) is 72.8 Å². The van der Waals surface area contributed by atoms with Crippen molar-refractivity contribution in [1.82, 2.24) is 5.32 Å². The van der Waals surface area contributed by atoms with Crippen LogP contribution in [0.3, 0.4) is 0 Å². The SMILES string of the molecule is CN(C)c1cccc(C#CCNC(=O)OCC2c3ccccc3-c3ccccc32)c1. The Morgan fingerprint density at radius 3 is 2.30 bits per heavy atom. The van der Waals surface area contributed by atoms with Gasteiger partial charge in [0.15, 0.2) is 0 Å². The van der Waals surface area contributed by atoms with Crippen molar-refractivity contribution >= 4 is 11.8 Å². The molecular formula is C26H24N2O2. The highest BCUT2D eigenvalue weighted by Crippen LogP contribution is 2.44. The summed E-state index contributed by atoms with van der Waals surface area (Å²) in [5.74, 6) is 6.11. The molecule has 0 atom stereocenters. The van der Waals surface area contributed by atoms with E-state index < -0.39 is 6.09 Å². The third-order valence-corrected chi connectivity index (χ3v) is 5.26. The lowest BCUT2D eigenvalue weighted by Gasteiger charge is -2.14. The average molecular weight is 396 g/mol. The number of amides is 1. The molecule has 0 heterocycles. The summed E-state index contributed by atoms with van der Waals surface area (Å²) in [6.45, 7) is 0.543. The van der Waals surface area contributed by atoms with Crippen LogP contribution in [0.5, 0.6) is 0 Å². The summed E-state index contributed by atoms with van der Waals surface area (Å²) in [6, 6.07) is 24.5. The van der Waals surface area contributed by atoms with Crippen molar-refractivity contribution in [2.45, 2.75) is 5.92 Å². The first kappa shape index (κ1) is 19.6. The van der Waals surface area contributed by atoms with Crippen LogP contribution in [0.4, 0.5) is 10.5 Å². The third kappa shape index (κ3) is 4.16. The summed E-state index contributed by atoms with van der Waals surface area (Å²) in [7, 11) is 3.98. The van der Waals surface area contributed by atoms with E-state index in [-0.39, 0.29) is 12.5 Å². The number of alkyl carbamates (subject to hydrolysis) is 1. The summed E-state index contributed by atoms with van der Waals surface area (Å²) < 4.78 is 5.52. The van der Waals surface area contributed by atoms with Gasteiger partial charge in [0, 0.05) is 31.3 Å². The monoisotopic (exact) mass is 396 g/mol. The zero-order chi connectivity index (χ0) is 20.9. The minimum Gasteiger partial charge on any atom is -0.449 e. The lowest BCUT2D eigenvalue weighted by Crippen LogP contribution is -2.26. The molecule has 0 radical (unpaired) electrons. The van der Waals surface area contributed by atoms with E-state index >= 15 is 0 Å². The zero-order valence-corrected chi connectivity index (χ0v) is 17.2. The standard InChI is InChI=1S/C26H24N2O2/c1-28(2)20-11-7-9-19(17-20)10-8-16-27-26(29)30-18-25-23-14-5-3-12-21(23)22-13-4-6-15-24(22)25/h3-7,9,11-15,17,25H,16,18H2,1-2H3,(H,27,29). The number of carbonyl (C=O) groups is 1. The molecule has 1 aliphatic carbocycles. The fourth-order valence-electron chi connectivity index (χ4n) is 3.77. The number of fused-ring (bicyclic) bond motifs is 3. The molecule has 0 unspecified atom stereocenters. The first-order valence-electron chi connectivity index (χ1n) is 9.98. The Kier molecular flexibility index (Phi) is 5.72. The molecule has 4 nitrogen and oxygen atoms in total. The van der Waals surface area contributed by atoms with Crippen LogP contribution in [0.25, 0.3) is 11.1 Å². The van der Waals surface area contributed by atoms with Gasteiger partial charge < -0.3 is 15.0 Å². The van der Waals surface area contributed by atoms with E-state index in [4.69, 9.17) is 4.74 Å². The summed E-state index contributed by atoms with van der Waals surface area (Å²) in [6.07, 6.45) is -0.451. The Labute approximate surface area is 177 Å². The molecule has 0 aliphatic heterocycles. The number of benzene rings is 3. The van der Waals surface area contributed by atoms with Gasteiger partial charge in [-0.25, -0.2) is 4.79 Å². The maximum Gasteiger partial charge on any atom is 0.407 e. The predicted octanol–water partition coefficient (Wildman–Crippen LogP) is 4.64. The molecule has 30 heavy (non-hydrogen) atoms. The minimum absolute atomic E-state index is 0.0583. The Balaban J connectivity index is 1.34. The number of hydrogen-bond donors (Lipinski definition) is 1. The van der Waals surface area contributed by atoms with Gasteiger partial charge in [-0.15, -0.1) is 0 Å². The van der Waals surface area contributed by atoms with Gasteiger partial charge in [-0.2, -0.15) is 0 Å². The third-order valence-electron chi connectivity index (χ3n) is 5.26. The fraction of sp³-hybridized carbons (Fsp3) is 0.192. The maximum absolute atomic E-state index is 12.2. The first-order chi connectivity index (χ1) is 14.6. The van der Waals surface area contributed by atoms with Crippen LogP contribution in [-0.4, -0.2) is 33.3 Å². The van der Waals surface area contributed by atoms with E-state index in [1.807, 2.05) is 67.5 Å². The van der Waals surface area contributed by atoms with E-state index in [1.54, 1.807) is 0 Å². The molecule has 0 saturated heterocycles. The van der Waals surface area contributed by atoms with Crippen molar-refractivity contribution in [3.05, 3.63) is 89.5 Å². The van der Waals surface area contributed by atoms with Gasteiger partial charge in [-0.3, -0.25) is 0 Å². The van der Waals surface area contributed by atoms with Crippen LogP contribution >= 0.6 is 0 Å². The number of rotatable bonds is 4. The van der Waals surface area contributed by atoms with Crippen molar-refractivity contribution < 1.29 is 9.53 Å². The highest BCUT2D eigenvalue weighted by Gasteiger charge is 2.28. The summed E-state index contributed by atoms with van der Waals surface area (Å²) >= 11 is 0. The van der Waals surface area contributed by atoms with Gasteiger partial charge in [0.05, 0.1) is 6.54 Å². The predicted molar refractivity (Wildman–Crippen MR) is 121 cm³/mol. The quantitative estimate of drug-likeness (QED) is 0.653. The first-order valence-corrected chi connectivity index (χ1v) is 9.98. The Bertz CT molecular complexity index is 1080. The number of anilines is 1. The Morgan fingerprint density at radius 2 is 1.63 bits per heavy atom. The summed E-state index contributed by atoms with van der Waals surface area (Å²) in [5.41, 5.74) is 6.84. The minimum atomic E-state index is -0.451. The molecule has 4 heteroatoms. The number of ether oxygens (including phenoxy) is 1. The topological polar surface area (TPSA) is 41.6 Å². The van der Waals surface area contributed by atoms with Gasteiger partial charge in [0.25, 0.3) is 0 Å².